The molecule has 200 valence electrons. The maximum atomic E-state index is 13.5. The highest BCUT2D eigenvalue weighted by molar-refractivity contribution is 5.98. The van der Waals surface area contributed by atoms with Crippen molar-refractivity contribution in [2.24, 2.45) is 5.92 Å². The monoisotopic (exact) mass is 519 g/mol. The molecule has 0 unspecified atom stereocenters. The summed E-state index contributed by atoms with van der Waals surface area (Å²) < 4.78 is 0. The van der Waals surface area contributed by atoms with Gasteiger partial charge in [-0.25, -0.2) is 9.78 Å². The molecule has 0 fully saturated rings. The highest BCUT2D eigenvalue weighted by Gasteiger charge is 2.30. The number of benzene rings is 2. The molecule has 0 aliphatic rings. The van der Waals surface area contributed by atoms with Crippen LogP contribution < -0.4 is 16.0 Å². The van der Waals surface area contributed by atoms with E-state index in [0.717, 1.165) is 5.56 Å². The number of aromatic amines is 1. The number of carbonyl (C=O) groups is 4. The van der Waals surface area contributed by atoms with Crippen LogP contribution in [0.4, 0.5) is 0 Å². The first-order valence-corrected chi connectivity index (χ1v) is 12.4. The second-order valence-electron chi connectivity index (χ2n) is 9.45. The standard InChI is InChI=1S/C28H33N5O5/c1-18(2)13-24(28(37)38)33-27(36)23(15-21-16-29-17-30-21)32-26(35)22(14-19-9-5-3-6-10-19)31-25(34)20-11-7-4-8-12-20/h3-12,16-18,22-24H,13-15H2,1-2H3,(H,29,30)(H,31,34)(H,32,35)(H,33,36)(H,37,38)/t22-,23-,24-/m0/s1. The highest BCUT2D eigenvalue weighted by Crippen LogP contribution is 2.09. The Morgan fingerprint density at radius 3 is 1.95 bits per heavy atom. The Morgan fingerprint density at radius 2 is 1.39 bits per heavy atom. The van der Waals surface area contributed by atoms with E-state index in [4.69, 9.17) is 0 Å². The minimum Gasteiger partial charge on any atom is -0.480 e. The number of aliphatic carboxylic acids is 1. The molecule has 0 saturated carbocycles. The number of hydrogen-bond donors (Lipinski definition) is 5. The van der Waals surface area contributed by atoms with Crippen LogP contribution in [0.25, 0.3) is 0 Å². The van der Waals surface area contributed by atoms with E-state index in [1.807, 2.05) is 44.2 Å². The van der Waals surface area contributed by atoms with Crippen LogP contribution in [0.1, 0.15) is 41.9 Å². The highest BCUT2D eigenvalue weighted by atomic mass is 16.4. The molecule has 10 heteroatoms. The molecule has 0 spiro atoms. The number of H-pyrrole nitrogens is 1. The fourth-order valence-corrected chi connectivity index (χ4v) is 3.95. The summed E-state index contributed by atoms with van der Waals surface area (Å²) in [4.78, 5) is 58.2. The average molecular weight is 520 g/mol. The smallest absolute Gasteiger partial charge is 0.326 e. The van der Waals surface area contributed by atoms with E-state index in [0.29, 0.717) is 11.3 Å². The third-order valence-corrected chi connectivity index (χ3v) is 5.87. The van der Waals surface area contributed by atoms with Gasteiger partial charge in [0.2, 0.25) is 11.8 Å². The molecule has 3 amide bonds. The summed E-state index contributed by atoms with van der Waals surface area (Å²) >= 11 is 0. The number of rotatable bonds is 13. The number of hydrogen-bond acceptors (Lipinski definition) is 5. The molecule has 5 N–H and O–H groups in total. The van der Waals surface area contributed by atoms with Crippen molar-refractivity contribution in [3.05, 3.63) is 90.0 Å². The third kappa shape index (κ3) is 8.58. The number of aromatic nitrogens is 2. The Morgan fingerprint density at radius 1 is 0.816 bits per heavy atom. The first-order chi connectivity index (χ1) is 18.2. The molecular weight excluding hydrogens is 486 g/mol. The molecule has 1 heterocycles. The molecule has 3 rings (SSSR count). The summed E-state index contributed by atoms with van der Waals surface area (Å²) in [6, 6.07) is 14.5. The SMILES string of the molecule is CC(C)C[C@H](NC(=O)[C@H](Cc1cnc[nH]1)NC(=O)[C@H](Cc1ccccc1)NC(=O)c1ccccc1)C(=O)O. The van der Waals surface area contributed by atoms with E-state index in [2.05, 4.69) is 25.9 Å². The Balaban J connectivity index is 1.82. The average Bonchev–Trinajstić information content (AvgIpc) is 3.41. The van der Waals surface area contributed by atoms with Crippen LogP contribution in [0.15, 0.2) is 73.2 Å². The maximum Gasteiger partial charge on any atom is 0.326 e. The van der Waals surface area contributed by atoms with Gasteiger partial charge in [0.1, 0.15) is 18.1 Å². The second kappa shape index (κ2) is 13.7. The molecule has 0 saturated heterocycles. The van der Waals surface area contributed by atoms with E-state index in [1.54, 1.807) is 30.3 Å². The number of amides is 3. The first kappa shape index (κ1) is 28.1. The molecule has 3 aromatic rings. The van der Waals surface area contributed by atoms with Gasteiger partial charge in [0.25, 0.3) is 5.91 Å². The van der Waals surface area contributed by atoms with Gasteiger partial charge >= 0.3 is 5.97 Å². The zero-order chi connectivity index (χ0) is 27.5. The van der Waals surface area contributed by atoms with Crippen LogP contribution >= 0.6 is 0 Å². The number of nitrogens with one attached hydrogen (secondary N) is 4. The summed E-state index contributed by atoms with van der Waals surface area (Å²) in [6.07, 6.45) is 3.44. The van der Waals surface area contributed by atoms with Crippen molar-refractivity contribution in [3.8, 4) is 0 Å². The van der Waals surface area contributed by atoms with Gasteiger partial charge in [-0.05, 0) is 30.0 Å². The summed E-state index contributed by atoms with van der Waals surface area (Å²) in [7, 11) is 0. The van der Waals surface area contributed by atoms with Gasteiger partial charge in [-0.3, -0.25) is 14.4 Å². The van der Waals surface area contributed by atoms with Crippen molar-refractivity contribution < 1.29 is 24.3 Å². The summed E-state index contributed by atoms with van der Waals surface area (Å²) in [5.74, 6) is -2.78. The second-order valence-corrected chi connectivity index (χ2v) is 9.45. The van der Waals surface area contributed by atoms with Gasteiger partial charge in [-0.2, -0.15) is 0 Å². The minimum atomic E-state index is -1.16. The Bertz CT molecular complexity index is 1200. The predicted octanol–water partition coefficient (Wildman–Crippen LogP) is 2.09. The molecular formula is C28H33N5O5. The lowest BCUT2D eigenvalue weighted by atomic mass is 10.0. The van der Waals surface area contributed by atoms with Crippen molar-refractivity contribution >= 4 is 23.7 Å². The maximum absolute atomic E-state index is 13.5. The van der Waals surface area contributed by atoms with E-state index < -0.39 is 41.8 Å². The number of carbonyl (C=O) groups excluding carboxylic acids is 3. The van der Waals surface area contributed by atoms with Crippen LogP contribution in [0.3, 0.4) is 0 Å². The number of carboxylic acid groups (broad SMARTS) is 1. The van der Waals surface area contributed by atoms with Crippen molar-refractivity contribution in [3.63, 3.8) is 0 Å². The van der Waals surface area contributed by atoms with Crippen LogP contribution in [0, 0.1) is 5.92 Å². The normalized spacial score (nSPS) is 13.2. The quantitative estimate of drug-likeness (QED) is 0.233. The number of carboxylic acids is 1. The number of imidazole rings is 1. The van der Waals surface area contributed by atoms with Crippen molar-refractivity contribution in [1.29, 1.82) is 0 Å². The zero-order valence-electron chi connectivity index (χ0n) is 21.4. The summed E-state index contributed by atoms with van der Waals surface area (Å²) in [6.45, 7) is 3.71. The predicted molar refractivity (Wildman–Crippen MR) is 141 cm³/mol. The minimum absolute atomic E-state index is 0.0282. The van der Waals surface area contributed by atoms with Gasteiger partial charge < -0.3 is 26.0 Å². The van der Waals surface area contributed by atoms with Crippen LogP contribution in [-0.2, 0) is 27.2 Å². The van der Waals surface area contributed by atoms with E-state index in [1.165, 1.54) is 12.5 Å². The van der Waals surface area contributed by atoms with Crippen LogP contribution in [-0.4, -0.2) is 56.9 Å². The van der Waals surface area contributed by atoms with E-state index >= 15 is 0 Å². The van der Waals surface area contributed by atoms with Crippen molar-refractivity contribution in [2.45, 2.75) is 51.2 Å². The summed E-state index contributed by atoms with van der Waals surface area (Å²) in [5.41, 5.74) is 1.79. The lowest BCUT2D eigenvalue weighted by Gasteiger charge is -2.25. The van der Waals surface area contributed by atoms with Crippen LogP contribution in [0.5, 0.6) is 0 Å². The van der Waals surface area contributed by atoms with Gasteiger partial charge in [-0.15, -0.1) is 0 Å². The largest absolute Gasteiger partial charge is 0.480 e. The van der Waals surface area contributed by atoms with Gasteiger partial charge in [0, 0.05) is 30.3 Å². The van der Waals surface area contributed by atoms with E-state index in [-0.39, 0.29) is 25.2 Å². The molecule has 0 bridgehead atoms. The fourth-order valence-electron chi connectivity index (χ4n) is 3.95. The Hall–Kier alpha value is -4.47. The van der Waals surface area contributed by atoms with Gasteiger partial charge in [0.05, 0.1) is 6.33 Å². The molecule has 0 aliphatic heterocycles. The summed E-state index contributed by atoms with van der Waals surface area (Å²) in [5, 5.41) is 17.6. The fraction of sp³-hybridized carbons (Fsp3) is 0.321. The topological polar surface area (TPSA) is 153 Å². The molecule has 3 atom stereocenters. The van der Waals surface area contributed by atoms with Crippen LogP contribution in [0.2, 0.25) is 0 Å². The zero-order valence-corrected chi connectivity index (χ0v) is 21.4. The lowest BCUT2D eigenvalue weighted by Crippen LogP contribution is -2.57. The molecule has 38 heavy (non-hydrogen) atoms. The Kier molecular flexibility index (Phi) is 10.2. The molecule has 1 aromatic heterocycles. The first-order valence-electron chi connectivity index (χ1n) is 12.4. The van der Waals surface area contributed by atoms with Gasteiger partial charge in [-0.1, -0.05) is 62.4 Å². The molecule has 2 aromatic carbocycles. The number of nitrogens with zero attached hydrogens (tertiary/aromatic N) is 1. The Labute approximate surface area is 221 Å². The third-order valence-electron chi connectivity index (χ3n) is 5.87. The van der Waals surface area contributed by atoms with E-state index in [9.17, 15) is 24.3 Å². The van der Waals surface area contributed by atoms with Crippen molar-refractivity contribution in [2.75, 3.05) is 0 Å². The van der Waals surface area contributed by atoms with Crippen molar-refractivity contribution in [1.82, 2.24) is 25.9 Å². The molecule has 0 radical (unpaired) electrons. The molecule has 0 aliphatic carbocycles. The van der Waals surface area contributed by atoms with Gasteiger partial charge in [0.15, 0.2) is 0 Å². The lowest BCUT2D eigenvalue weighted by molar-refractivity contribution is -0.142. The molecule has 10 nitrogen and oxygen atoms in total.